The van der Waals surface area contributed by atoms with E-state index in [9.17, 15) is 9.59 Å². The van der Waals surface area contributed by atoms with Crippen molar-refractivity contribution in [2.75, 3.05) is 13.2 Å². The third-order valence-corrected chi connectivity index (χ3v) is 5.39. The van der Waals surface area contributed by atoms with E-state index >= 15 is 0 Å². The number of carbonyl (C=O) groups is 2. The molecule has 0 radical (unpaired) electrons. The lowest BCUT2D eigenvalue weighted by Gasteiger charge is -2.29. The summed E-state index contributed by atoms with van der Waals surface area (Å²) in [7, 11) is 0. The Morgan fingerprint density at radius 3 is 2.27 bits per heavy atom. The zero-order valence-corrected chi connectivity index (χ0v) is 19.3. The Hall–Kier alpha value is -2.24. The Balaban J connectivity index is 2.22. The molecule has 2 amide bonds. The maximum atomic E-state index is 13.1. The third kappa shape index (κ3) is 6.64. The van der Waals surface area contributed by atoms with Gasteiger partial charge in [-0.1, -0.05) is 61.3 Å². The zero-order valence-electron chi connectivity index (χ0n) is 17.7. The fourth-order valence-corrected chi connectivity index (χ4v) is 3.35. The number of nitrogens with one attached hydrogen (secondary N) is 1. The van der Waals surface area contributed by atoms with E-state index in [-0.39, 0.29) is 25.0 Å². The summed E-state index contributed by atoms with van der Waals surface area (Å²) in [5, 5.41) is 3.75. The highest BCUT2D eigenvalue weighted by molar-refractivity contribution is 6.36. The number of nitrogens with zero attached hydrogens (tertiary/aromatic N) is 1. The summed E-state index contributed by atoms with van der Waals surface area (Å²) in [5.74, 6) is 0.351. The molecule has 1 atom stereocenters. The van der Waals surface area contributed by atoms with Crippen LogP contribution in [0, 0.1) is 12.8 Å². The van der Waals surface area contributed by atoms with Gasteiger partial charge in [-0.05, 0) is 43.5 Å². The predicted molar refractivity (Wildman–Crippen MR) is 121 cm³/mol. The molecule has 1 N–H and O–H groups in total. The van der Waals surface area contributed by atoms with Gasteiger partial charge in [0.1, 0.15) is 11.8 Å². The fraction of sp³-hybridized carbons (Fsp3) is 0.391. The second-order valence-electron chi connectivity index (χ2n) is 7.59. The predicted octanol–water partition coefficient (Wildman–Crippen LogP) is 4.87. The van der Waals surface area contributed by atoms with Gasteiger partial charge in [-0.15, -0.1) is 0 Å². The van der Waals surface area contributed by atoms with E-state index < -0.39 is 6.04 Å². The number of halogens is 2. The van der Waals surface area contributed by atoms with Crippen molar-refractivity contribution in [1.29, 1.82) is 0 Å². The standard InChI is InChI=1S/C23H28Cl2N2O3/c1-15(2)12-26-23(29)17(4)27(13-18-19(24)9-7-10-20(18)25)22(28)14-30-21-11-6-5-8-16(21)3/h5-11,15,17H,12-14H2,1-4H3,(H,26,29)/t17-/m0/s1. The van der Waals surface area contributed by atoms with Crippen LogP contribution < -0.4 is 10.1 Å². The van der Waals surface area contributed by atoms with Gasteiger partial charge in [0, 0.05) is 28.7 Å². The summed E-state index contributed by atoms with van der Waals surface area (Å²) < 4.78 is 5.72. The normalized spacial score (nSPS) is 11.8. The molecule has 0 saturated heterocycles. The Labute approximate surface area is 188 Å². The van der Waals surface area contributed by atoms with Crippen molar-refractivity contribution < 1.29 is 14.3 Å². The van der Waals surface area contributed by atoms with Crippen LogP contribution in [0.4, 0.5) is 0 Å². The Morgan fingerprint density at radius 1 is 1.03 bits per heavy atom. The van der Waals surface area contributed by atoms with E-state index in [0.29, 0.717) is 33.8 Å². The molecule has 0 heterocycles. The number of para-hydroxylation sites is 1. The number of hydrogen-bond donors (Lipinski definition) is 1. The van der Waals surface area contributed by atoms with Gasteiger partial charge in [0.2, 0.25) is 5.91 Å². The second-order valence-corrected chi connectivity index (χ2v) is 8.41. The summed E-state index contributed by atoms with van der Waals surface area (Å²) in [6.45, 7) is 8.03. The average Bonchev–Trinajstić information content (AvgIpc) is 2.70. The lowest BCUT2D eigenvalue weighted by molar-refractivity contribution is -0.142. The summed E-state index contributed by atoms with van der Waals surface area (Å²) in [5.41, 5.74) is 1.52. The number of amides is 2. The number of benzene rings is 2. The van der Waals surface area contributed by atoms with E-state index in [1.807, 2.05) is 39.0 Å². The monoisotopic (exact) mass is 450 g/mol. The molecule has 0 aliphatic carbocycles. The van der Waals surface area contributed by atoms with Crippen molar-refractivity contribution in [2.45, 2.75) is 40.3 Å². The average molecular weight is 451 g/mol. The van der Waals surface area contributed by atoms with E-state index in [4.69, 9.17) is 27.9 Å². The first-order valence-corrected chi connectivity index (χ1v) is 10.6. The molecule has 162 valence electrons. The molecule has 0 aliphatic rings. The fourth-order valence-electron chi connectivity index (χ4n) is 2.83. The highest BCUT2D eigenvalue weighted by Crippen LogP contribution is 2.26. The SMILES string of the molecule is Cc1ccccc1OCC(=O)N(Cc1c(Cl)cccc1Cl)[C@@H](C)C(=O)NCC(C)C. The molecule has 0 spiro atoms. The van der Waals surface area contributed by atoms with Gasteiger partial charge < -0.3 is 15.0 Å². The van der Waals surface area contributed by atoms with Crippen LogP contribution in [0.1, 0.15) is 31.9 Å². The van der Waals surface area contributed by atoms with Gasteiger partial charge >= 0.3 is 0 Å². The molecule has 0 fully saturated rings. The molecule has 0 unspecified atom stereocenters. The molecule has 2 aromatic carbocycles. The summed E-state index contributed by atoms with van der Waals surface area (Å²) >= 11 is 12.6. The number of carbonyl (C=O) groups excluding carboxylic acids is 2. The van der Waals surface area contributed by atoms with Crippen molar-refractivity contribution >= 4 is 35.0 Å². The minimum atomic E-state index is -0.718. The molecular formula is C23H28Cl2N2O3. The van der Waals surface area contributed by atoms with E-state index in [1.165, 1.54) is 4.90 Å². The quantitative estimate of drug-likeness (QED) is 0.592. The number of ether oxygens (including phenoxy) is 1. The first kappa shape index (κ1) is 24.0. The van der Waals surface area contributed by atoms with Crippen LogP contribution in [0.3, 0.4) is 0 Å². The van der Waals surface area contributed by atoms with E-state index in [1.54, 1.807) is 31.2 Å². The van der Waals surface area contributed by atoms with Crippen molar-refractivity contribution in [2.24, 2.45) is 5.92 Å². The zero-order chi connectivity index (χ0) is 22.3. The molecule has 2 aromatic rings. The minimum absolute atomic E-state index is 0.102. The molecule has 0 aliphatic heterocycles. The molecule has 5 nitrogen and oxygen atoms in total. The summed E-state index contributed by atoms with van der Waals surface area (Å²) in [6.07, 6.45) is 0. The summed E-state index contributed by atoms with van der Waals surface area (Å²) in [4.78, 5) is 27.2. The van der Waals surface area contributed by atoms with Gasteiger partial charge in [-0.3, -0.25) is 9.59 Å². The highest BCUT2D eigenvalue weighted by atomic mass is 35.5. The van der Waals surface area contributed by atoms with E-state index in [0.717, 1.165) is 5.56 Å². The van der Waals surface area contributed by atoms with Crippen molar-refractivity contribution in [3.63, 3.8) is 0 Å². The topological polar surface area (TPSA) is 58.6 Å². The van der Waals surface area contributed by atoms with Gasteiger partial charge in [0.25, 0.3) is 5.91 Å². The van der Waals surface area contributed by atoms with Crippen LogP contribution in [0.15, 0.2) is 42.5 Å². The first-order valence-electron chi connectivity index (χ1n) is 9.89. The van der Waals surface area contributed by atoms with Crippen LogP contribution in [-0.2, 0) is 16.1 Å². The Bertz CT molecular complexity index is 866. The van der Waals surface area contributed by atoms with Crippen LogP contribution >= 0.6 is 23.2 Å². The van der Waals surface area contributed by atoms with Crippen LogP contribution in [-0.4, -0.2) is 35.9 Å². The number of hydrogen-bond acceptors (Lipinski definition) is 3. The highest BCUT2D eigenvalue weighted by Gasteiger charge is 2.28. The Morgan fingerprint density at radius 2 is 1.67 bits per heavy atom. The van der Waals surface area contributed by atoms with Gasteiger partial charge in [0.15, 0.2) is 6.61 Å². The molecule has 7 heteroatoms. The third-order valence-electron chi connectivity index (χ3n) is 4.69. The van der Waals surface area contributed by atoms with Gasteiger partial charge in [-0.2, -0.15) is 0 Å². The van der Waals surface area contributed by atoms with Gasteiger partial charge in [0.05, 0.1) is 0 Å². The maximum absolute atomic E-state index is 13.1. The lowest BCUT2D eigenvalue weighted by atomic mass is 10.1. The largest absolute Gasteiger partial charge is 0.484 e. The van der Waals surface area contributed by atoms with Crippen LogP contribution in [0.25, 0.3) is 0 Å². The van der Waals surface area contributed by atoms with E-state index in [2.05, 4.69) is 5.32 Å². The van der Waals surface area contributed by atoms with Gasteiger partial charge in [-0.25, -0.2) is 0 Å². The lowest BCUT2D eigenvalue weighted by Crippen LogP contribution is -2.49. The van der Waals surface area contributed by atoms with Crippen molar-refractivity contribution in [3.05, 3.63) is 63.6 Å². The second kappa shape index (κ2) is 11.2. The Kier molecular flexibility index (Phi) is 9.00. The minimum Gasteiger partial charge on any atom is -0.484 e. The molecule has 2 rings (SSSR count). The molecule has 0 bridgehead atoms. The maximum Gasteiger partial charge on any atom is 0.261 e. The number of aryl methyl sites for hydroxylation is 1. The smallest absolute Gasteiger partial charge is 0.261 e. The van der Waals surface area contributed by atoms with Crippen molar-refractivity contribution in [3.8, 4) is 5.75 Å². The molecule has 30 heavy (non-hydrogen) atoms. The molecule has 0 aromatic heterocycles. The summed E-state index contributed by atoms with van der Waals surface area (Å²) in [6, 6.07) is 11.9. The number of rotatable bonds is 9. The molecular weight excluding hydrogens is 423 g/mol. The van der Waals surface area contributed by atoms with Crippen LogP contribution in [0.5, 0.6) is 5.75 Å². The first-order chi connectivity index (χ1) is 14.2. The molecule has 0 saturated carbocycles. The van der Waals surface area contributed by atoms with Crippen molar-refractivity contribution in [1.82, 2.24) is 10.2 Å². The van der Waals surface area contributed by atoms with Crippen LogP contribution in [0.2, 0.25) is 10.0 Å².